The molecular formula is C3H5AlCl3NO. The average Bonchev–Trinajstić information content (AvgIpc) is 1.38. The Morgan fingerprint density at radius 3 is 1.44 bits per heavy atom. The van der Waals surface area contributed by atoms with Gasteiger partial charge in [-0.2, -0.15) is 0 Å². The van der Waals surface area contributed by atoms with Crippen LogP contribution in [-0.4, -0.2) is 23.3 Å². The standard InChI is InChI=1S/C3H5NO.Al.3ClH/c1-2-3(4)5;;;;/h2H,1H2,(H2,4,5);;3*1H/q;+3;;;/p-3. The van der Waals surface area contributed by atoms with Gasteiger partial charge in [-0.1, -0.05) is 6.58 Å². The Balaban J connectivity index is -0.0000000133. The maximum atomic E-state index is 9.47. The molecule has 0 spiro atoms. The number of amides is 1. The molecule has 0 atom stereocenters. The van der Waals surface area contributed by atoms with Gasteiger partial charge >= 0.3 is 17.4 Å². The third kappa shape index (κ3) is 55.2. The zero-order valence-electron chi connectivity index (χ0n) is 4.48. The molecule has 0 radical (unpaired) electrons. The van der Waals surface area contributed by atoms with Crippen LogP contribution >= 0.6 is 0 Å². The summed E-state index contributed by atoms with van der Waals surface area (Å²) in [7, 11) is 0. The zero-order valence-corrected chi connectivity index (χ0v) is 7.90. The van der Waals surface area contributed by atoms with Crippen molar-refractivity contribution in [2.45, 2.75) is 0 Å². The molecule has 0 fully saturated rings. The van der Waals surface area contributed by atoms with E-state index in [1.54, 1.807) is 0 Å². The number of carbonyl (C=O) groups excluding carboxylic acids is 1. The number of rotatable bonds is 1. The molecule has 9 heavy (non-hydrogen) atoms. The third-order valence-corrected chi connectivity index (χ3v) is 0.201. The van der Waals surface area contributed by atoms with E-state index in [2.05, 4.69) is 12.3 Å². The molecule has 0 bridgehead atoms. The van der Waals surface area contributed by atoms with Gasteiger partial charge in [0, 0.05) is 0 Å². The first-order valence-electron chi connectivity index (χ1n) is 1.19. The fourth-order valence-corrected chi connectivity index (χ4v) is 0. The molecule has 0 unspecified atom stereocenters. The molecular weight excluding hydrogens is 199 g/mol. The monoisotopic (exact) mass is 203 g/mol. The second kappa shape index (κ2) is 23.5. The van der Waals surface area contributed by atoms with Crippen molar-refractivity contribution in [1.29, 1.82) is 0 Å². The molecule has 0 aliphatic rings. The molecule has 0 aromatic rings. The summed E-state index contributed by atoms with van der Waals surface area (Å²) in [5, 5.41) is 0. The Kier molecular flexibility index (Phi) is 87.4. The Hall–Kier alpha value is 0.612. The van der Waals surface area contributed by atoms with E-state index in [9.17, 15) is 4.79 Å². The van der Waals surface area contributed by atoms with Crippen molar-refractivity contribution in [3.63, 3.8) is 0 Å². The van der Waals surface area contributed by atoms with Crippen LogP contribution in [0.4, 0.5) is 0 Å². The van der Waals surface area contributed by atoms with Crippen LogP contribution in [0.3, 0.4) is 0 Å². The van der Waals surface area contributed by atoms with Gasteiger partial charge in [-0.05, 0) is 6.08 Å². The van der Waals surface area contributed by atoms with Crippen LogP contribution in [0, 0.1) is 0 Å². The van der Waals surface area contributed by atoms with Crippen LogP contribution in [-0.2, 0) is 4.79 Å². The molecule has 0 aromatic carbocycles. The molecule has 6 heteroatoms. The van der Waals surface area contributed by atoms with Crippen LogP contribution in [0.15, 0.2) is 12.7 Å². The van der Waals surface area contributed by atoms with Gasteiger partial charge in [0.15, 0.2) is 0 Å². The van der Waals surface area contributed by atoms with E-state index in [4.69, 9.17) is 0 Å². The van der Waals surface area contributed by atoms with Gasteiger partial charge in [0.05, 0.1) is 0 Å². The van der Waals surface area contributed by atoms with Crippen LogP contribution < -0.4 is 43.0 Å². The summed E-state index contributed by atoms with van der Waals surface area (Å²) in [4.78, 5) is 9.47. The Labute approximate surface area is 83.6 Å². The second-order valence-corrected chi connectivity index (χ2v) is 0.606. The van der Waals surface area contributed by atoms with Crippen LogP contribution in [0.2, 0.25) is 0 Å². The van der Waals surface area contributed by atoms with Crippen molar-refractivity contribution in [1.82, 2.24) is 0 Å². The molecule has 0 heterocycles. The molecule has 0 saturated carbocycles. The third-order valence-electron chi connectivity index (χ3n) is 0.201. The minimum atomic E-state index is -0.481. The number of nitrogens with two attached hydrogens (primary N) is 1. The number of primary amides is 1. The first kappa shape index (κ1) is 33.5. The molecule has 1 amide bonds. The summed E-state index contributed by atoms with van der Waals surface area (Å²) in [5.74, 6) is -0.481. The summed E-state index contributed by atoms with van der Waals surface area (Å²) in [5.41, 5.74) is 4.53. The van der Waals surface area contributed by atoms with Gasteiger partial charge in [-0.15, -0.1) is 0 Å². The van der Waals surface area contributed by atoms with E-state index in [0.717, 1.165) is 6.08 Å². The molecule has 2 nitrogen and oxygen atoms in total. The normalized spacial score (nSPS) is 3.56. The number of hydrogen-bond donors (Lipinski definition) is 1. The summed E-state index contributed by atoms with van der Waals surface area (Å²) in [6.07, 6.45) is 1.06. The van der Waals surface area contributed by atoms with E-state index in [1.807, 2.05) is 0 Å². The SMILES string of the molecule is C=CC(N)=O.[Al+3].[Cl-].[Cl-].[Cl-]. The Bertz CT molecular complexity index is 70.1. The number of carbonyl (C=O) groups is 1. The topological polar surface area (TPSA) is 43.1 Å². The molecule has 0 rings (SSSR count). The summed E-state index contributed by atoms with van der Waals surface area (Å²) < 4.78 is 0. The summed E-state index contributed by atoms with van der Waals surface area (Å²) in [6.45, 7) is 3.09. The zero-order chi connectivity index (χ0) is 4.28. The summed E-state index contributed by atoms with van der Waals surface area (Å²) >= 11 is 0. The molecule has 0 aliphatic heterocycles. The minimum Gasteiger partial charge on any atom is -1.00 e. The van der Waals surface area contributed by atoms with Crippen molar-refractivity contribution < 1.29 is 42.0 Å². The van der Waals surface area contributed by atoms with Gasteiger partial charge in [0.25, 0.3) is 0 Å². The van der Waals surface area contributed by atoms with Gasteiger partial charge in [0.1, 0.15) is 0 Å². The second-order valence-electron chi connectivity index (χ2n) is 0.606. The molecule has 0 saturated heterocycles. The van der Waals surface area contributed by atoms with Gasteiger partial charge < -0.3 is 43.0 Å². The van der Waals surface area contributed by atoms with Crippen molar-refractivity contribution in [2.75, 3.05) is 0 Å². The minimum absolute atomic E-state index is 0. The van der Waals surface area contributed by atoms with Crippen molar-refractivity contribution in [2.24, 2.45) is 5.73 Å². The van der Waals surface area contributed by atoms with E-state index in [1.165, 1.54) is 0 Å². The maximum Gasteiger partial charge on any atom is 3.00 e. The Morgan fingerprint density at radius 1 is 1.33 bits per heavy atom. The van der Waals surface area contributed by atoms with Crippen molar-refractivity contribution in [3.05, 3.63) is 12.7 Å². The largest absolute Gasteiger partial charge is 3.00 e. The van der Waals surface area contributed by atoms with Crippen molar-refractivity contribution >= 4 is 23.3 Å². The molecule has 0 aromatic heterocycles. The Morgan fingerprint density at radius 2 is 1.44 bits per heavy atom. The van der Waals surface area contributed by atoms with E-state index in [0.29, 0.717) is 0 Å². The fraction of sp³-hybridized carbons (Fsp3) is 0. The van der Waals surface area contributed by atoms with E-state index >= 15 is 0 Å². The van der Waals surface area contributed by atoms with Gasteiger partial charge in [0.2, 0.25) is 5.91 Å². The smallest absolute Gasteiger partial charge is 1.00 e. The van der Waals surface area contributed by atoms with Gasteiger partial charge in [-0.3, -0.25) is 4.79 Å². The predicted molar refractivity (Wildman–Crippen MR) is 25.1 cm³/mol. The molecule has 2 N–H and O–H groups in total. The van der Waals surface area contributed by atoms with E-state index in [-0.39, 0.29) is 54.6 Å². The quantitative estimate of drug-likeness (QED) is 0.335. The van der Waals surface area contributed by atoms with Crippen LogP contribution in [0.25, 0.3) is 0 Å². The molecule has 0 aliphatic carbocycles. The maximum absolute atomic E-state index is 9.47. The predicted octanol–water partition coefficient (Wildman–Crippen LogP) is -9.71. The first-order chi connectivity index (χ1) is 2.27. The van der Waals surface area contributed by atoms with E-state index < -0.39 is 5.91 Å². The fourth-order valence-electron chi connectivity index (χ4n) is 0. The first-order valence-corrected chi connectivity index (χ1v) is 1.19. The number of halogens is 3. The van der Waals surface area contributed by atoms with Gasteiger partial charge in [-0.25, -0.2) is 0 Å². The molecule has 52 valence electrons. The number of hydrogen-bond acceptors (Lipinski definition) is 1. The van der Waals surface area contributed by atoms with Crippen LogP contribution in [0.5, 0.6) is 0 Å². The van der Waals surface area contributed by atoms with Crippen molar-refractivity contribution in [3.8, 4) is 0 Å². The average molecular weight is 204 g/mol. The summed E-state index contributed by atoms with van der Waals surface area (Å²) in [6, 6.07) is 0. The van der Waals surface area contributed by atoms with Crippen LogP contribution in [0.1, 0.15) is 0 Å².